The van der Waals surface area contributed by atoms with E-state index in [2.05, 4.69) is 6.92 Å². The number of ether oxygens (including phenoxy) is 2. The third kappa shape index (κ3) is 10.5. The first-order valence-corrected chi connectivity index (χ1v) is 12.6. The van der Waals surface area contributed by atoms with E-state index in [0.717, 1.165) is 6.42 Å². The highest BCUT2D eigenvalue weighted by molar-refractivity contribution is 5.91. The molecule has 1 N–H and O–H groups in total. The molecule has 0 aromatic heterocycles. The summed E-state index contributed by atoms with van der Waals surface area (Å²) < 4.78 is 10.8. The van der Waals surface area contributed by atoms with E-state index in [4.69, 9.17) is 9.47 Å². The minimum atomic E-state index is -0.892. The van der Waals surface area contributed by atoms with Gasteiger partial charge in [0, 0.05) is 7.05 Å². The average molecular weight is 484 g/mol. The lowest BCUT2D eigenvalue weighted by molar-refractivity contribution is 0.0205. The number of benzene rings is 2. The second kappa shape index (κ2) is 13.9. The van der Waals surface area contributed by atoms with Crippen LogP contribution in [0.5, 0.6) is 5.75 Å². The van der Waals surface area contributed by atoms with Gasteiger partial charge in [-0.2, -0.15) is 0 Å². The van der Waals surface area contributed by atoms with Crippen molar-refractivity contribution in [1.29, 1.82) is 0 Å². The summed E-state index contributed by atoms with van der Waals surface area (Å²) in [6, 6.07) is 14.2. The molecule has 0 aliphatic carbocycles. The first-order valence-electron chi connectivity index (χ1n) is 12.6. The molecule has 0 aliphatic rings. The first kappa shape index (κ1) is 28.4. The Labute approximate surface area is 210 Å². The number of likely N-dealkylation sites (N-methyl/N-ethyl adjacent to an activating group) is 1. The number of carbonyl (C=O) groups is 2. The van der Waals surface area contributed by atoms with Crippen molar-refractivity contribution >= 4 is 12.1 Å². The average Bonchev–Trinajstić information content (AvgIpc) is 2.81. The molecule has 1 unspecified atom stereocenters. The number of rotatable bonds is 12. The second-order valence-corrected chi connectivity index (χ2v) is 10.0. The molecule has 1 atom stereocenters. The molecule has 0 saturated carbocycles. The number of esters is 1. The van der Waals surface area contributed by atoms with Crippen molar-refractivity contribution < 1.29 is 24.2 Å². The van der Waals surface area contributed by atoms with E-state index < -0.39 is 23.8 Å². The Bertz CT molecular complexity index is 916. The summed E-state index contributed by atoms with van der Waals surface area (Å²) in [5.74, 6) is -0.0309. The van der Waals surface area contributed by atoms with Crippen LogP contribution in [0.3, 0.4) is 0 Å². The zero-order valence-electron chi connectivity index (χ0n) is 21.9. The number of nitrogens with zero attached hydrogens (tertiary/aromatic N) is 1. The number of hydrogen-bond donors (Lipinski definition) is 1. The molecule has 1 amide bonds. The first-order chi connectivity index (χ1) is 16.6. The van der Waals surface area contributed by atoms with Crippen LogP contribution in [-0.4, -0.2) is 41.3 Å². The van der Waals surface area contributed by atoms with E-state index in [-0.39, 0.29) is 6.54 Å². The predicted molar refractivity (Wildman–Crippen MR) is 139 cm³/mol. The number of aliphatic hydroxyl groups excluding tert-OH is 1. The SMILES string of the molecule is CCCCCCCCc1ccc(C(=O)Oc2ccc(C(O)CN(C)C(=O)OC(C)(C)C)cc2)cc1. The van der Waals surface area contributed by atoms with Gasteiger partial charge in [-0.15, -0.1) is 0 Å². The van der Waals surface area contributed by atoms with Crippen molar-refractivity contribution in [2.24, 2.45) is 0 Å². The van der Waals surface area contributed by atoms with Gasteiger partial charge in [-0.3, -0.25) is 0 Å². The summed E-state index contributed by atoms with van der Waals surface area (Å²) in [5, 5.41) is 10.5. The zero-order chi connectivity index (χ0) is 25.8. The number of hydrogen-bond acceptors (Lipinski definition) is 5. The molecule has 0 heterocycles. The van der Waals surface area contributed by atoms with Gasteiger partial charge in [-0.05, 0) is 69.0 Å². The Kier molecular flexibility index (Phi) is 11.3. The van der Waals surface area contributed by atoms with Crippen molar-refractivity contribution in [3.05, 3.63) is 65.2 Å². The maximum atomic E-state index is 12.5. The summed E-state index contributed by atoms with van der Waals surface area (Å²) in [6.07, 6.45) is 7.21. The Balaban J connectivity index is 1.82. The van der Waals surface area contributed by atoms with Crippen LogP contribution in [0, 0.1) is 0 Å². The molecule has 192 valence electrons. The highest BCUT2D eigenvalue weighted by Crippen LogP contribution is 2.21. The topological polar surface area (TPSA) is 76.1 Å². The van der Waals surface area contributed by atoms with Gasteiger partial charge in [0.2, 0.25) is 0 Å². The van der Waals surface area contributed by atoms with Gasteiger partial charge in [-0.1, -0.05) is 63.3 Å². The Morgan fingerprint density at radius 2 is 1.51 bits per heavy atom. The highest BCUT2D eigenvalue weighted by atomic mass is 16.6. The van der Waals surface area contributed by atoms with E-state index in [1.54, 1.807) is 64.2 Å². The van der Waals surface area contributed by atoms with E-state index in [0.29, 0.717) is 16.9 Å². The maximum Gasteiger partial charge on any atom is 0.410 e. The normalized spacial score (nSPS) is 12.2. The van der Waals surface area contributed by atoms with Crippen LogP contribution in [0.4, 0.5) is 4.79 Å². The molecular formula is C29H41NO5. The molecule has 6 nitrogen and oxygen atoms in total. The smallest absolute Gasteiger partial charge is 0.410 e. The Hall–Kier alpha value is -2.86. The minimum Gasteiger partial charge on any atom is -0.444 e. The molecule has 0 spiro atoms. The van der Waals surface area contributed by atoms with E-state index >= 15 is 0 Å². The van der Waals surface area contributed by atoms with Crippen LogP contribution in [-0.2, 0) is 11.2 Å². The summed E-state index contributed by atoms with van der Waals surface area (Å²) in [6.45, 7) is 7.68. The number of aliphatic hydroxyl groups is 1. The molecule has 0 bridgehead atoms. The summed E-state index contributed by atoms with van der Waals surface area (Å²) >= 11 is 0. The number of carbonyl (C=O) groups excluding carboxylic acids is 2. The second-order valence-electron chi connectivity index (χ2n) is 10.0. The number of aryl methyl sites for hydroxylation is 1. The summed E-state index contributed by atoms with van der Waals surface area (Å²) in [7, 11) is 1.58. The Morgan fingerprint density at radius 1 is 0.914 bits per heavy atom. The maximum absolute atomic E-state index is 12.5. The van der Waals surface area contributed by atoms with Gasteiger partial charge in [0.05, 0.1) is 18.2 Å². The quantitative estimate of drug-likeness (QED) is 0.206. The van der Waals surface area contributed by atoms with E-state index in [9.17, 15) is 14.7 Å². The van der Waals surface area contributed by atoms with E-state index in [1.807, 2.05) is 12.1 Å². The molecule has 0 fully saturated rings. The van der Waals surface area contributed by atoms with Gasteiger partial charge < -0.3 is 19.5 Å². The third-order valence-corrected chi connectivity index (χ3v) is 5.64. The highest BCUT2D eigenvalue weighted by Gasteiger charge is 2.22. The van der Waals surface area contributed by atoms with Crippen molar-refractivity contribution in [2.75, 3.05) is 13.6 Å². The van der Waals surface area contributed by atoms with Crippen LogP contribution in [0.25, 0.3) is 0 Å². The van der Waals surface area contributed by atoms with Crippen molar-refractivity contribution in [3.8, 4) is 5.75 Å². The fourth-order valence-corrected chi connectivity index (χ4v) is 3.62. The third-order valence-electron chi connectivity index (χ3n) is 5.64. The van der Waals surface area contributed by atoms with Crippen LogP contribution in [0.2, 0.25) is 0 Å². The minimum absolute atomic E-state index is 0.0825. The summed E-state index contributed by atoms with van der Waals surface area (Å²) in [4.78, 5) is 25.9. The molecule has 0 aliphatic heterocycles. The van der Waals surface area contributed by atoms with Crippen LogP contribution in [0.15, 0.2) is 48.5 Å². The van der Waals surface area contributed by atoms with Gasteiger partial charge in [-0.25, -0.2) is 9.59 Å². The molecule has 35 heavy (non-hydrogen) atoms. The van der Waals surface area contributed by atoms with Gasteiger partial charge in [0.1, 0.15) is 11.4 Å². The van der Waals surface area contributed by atoms with Crippen molar-refractivity contribution in [3.63, 3.8) is 0 Å². The molecular weight excluding hydrogens is 442 g/mol. The fraction of sp³-hybridized carbons (Fsp3) is 0.517. The largest absolute Gasteiger partial charge is 0.444 e. The predicted octanol–water partition coefficient (Wildman–Crippen LogP) is 6.71. The molecule has 6 heteroatoms. The molecule has 2 aromatic carbocycles. The zero-order valence-corrected chi connectivity index (χ0v) is 21.9. The lowest BCUT2D eigenvalue weighted by Gasteiger charge is -2.26. The number of amides is 1. The lowest BCUT2D eigenvalue weighted by Crippen LogP contribution is -2.36. The van der Waals surface area contributed by atoms with Crippen LogP contribution in [0.1, 0.15) is 93.8 Å². The molecule has 0 radical (unpaired) electrons. The lowest BCUT2D eigenvalue weighted by atomic mass is 10.0. The van der Waals surface area contributed by atoms with E-state index in [1.165, 1.54) is 49.0 Å². The number of unbranched alkanes of at least 4 members (excludes halogenated alkanes) is 5. The van der Waals surface area contributed by atoms with Crippen LogP contribution < -0.4 is 4.74 Å². The van der Waals surface area contributed by atoms with Gasteiger partial charge >= 0.3 is 12.1 Å². The monoisotopic (exact) mass is 483 g/mol. The fourth-order valence-electron chi connectivity index (χ4n) is 3.62. The molecule has 2 aromatic rings. The van der Waals surface area contributed by atoms with Crippen molar-refractivity contribution in [1.82, 2.24) is 4.90 Å². The molecule has 2 rings (SSSR count). The van der Waals surface area contributed by atoms with Crippen molar-refractivity contribution in [2.45, 2.75) is 84.3 Å². The molecule has 0 saturated heterocycles. The van der Waals surface area contributed by atoms with Gasteiger partial charge in [0.15, 0.2) is 0 Å². The van der Waals surface area contributed by atoms with Crippen LogP contribution >= 0.6 is 0 Å². The standard InChI is InChI=1S/C29H41NO5/c1-6-7-8-9-10-11-12-22-13-15-24(16-14-22)27(32)34-25-19-17-23(18-20-25)26(31)21-30(5)28(33)35-29(2,3)4/h13-20,26,31H,6-12,21H2,1-5H3. The van der Waals surface area contributed by atoms with Gasteiger partial charge in [0.25, 0.3) is 0 Å². The summed E-state index contributed by atoms with van der Waals surface area (Å²) in [5.41, 5.74) is 1.74. The Morgan fingerprint density at radius 3 is 2.11 bits per heavy atom.